The van der Waals surface area contributed by atoms with E-state index in [1.807, 2.05) is 0 Å². The molecule has 1 heterocycles. The summed E-state index contributed by atoms with van der Waals surface area (Å²) in [6.07, 6.45) is 0. The van der Waals surface area contributed by atoms with E-state index in [9.17, 15) is 8.78 Å². The molecule has 5 heteroatoms. The average Bonchev–Trinajstić information content (AvgIpc) is 2.87. The second kappa shape index (κ2) is 5.58. The van der Waals surface area contributed by atoms with Crippen molar-refractivity contribution in [2.45, 2.75) is 6.04 Å². The largest absolute Gasteiger partial charge is 0.456 e. The summed E-state index contributed by atoms with van der Waals surface area (Å²) in [6.45, 7) is 0. The molecule has 21 heavy (non-hydrogen) atoms. The van der Waals surface area contributed by atoms with E-state index < -0.39 is 11.9 Å². The topological polar surface area (TPSA) is 25.2 Å². The lowest BCUT2D eigenvalue weighted by Gasteiger charge is -2.15. The fourth-order valence-corrected chi connectivity index (χ4v) is 2.71. The molecular formula is C16H12BrF2NO. The molecule has 2 nitrogen and oxygen atoms in total. The van der Waals surface area contributed by atoms with Gasteiger partial charge < -0.3 is 9.73 Å². The Labute approximate surface area is 128 Å². The summed E-state index contributed by atoms with van der Waals surface area (Å²) in [4.78, 5) is 0. The van der Waals surface area contributed by atoms with E-state index in [1.54, 1.807) is 37.4 Å². The van der Waals surface area contributed by atoms with Crippen LogP contribution in [-0.4, -0.2) is 7.05 Å². The molecule has 0 aliphatic rings. The van der Waals surface area contributed by atoms with Crippen molar-refractivity contribution in [2.24, 2.45) is 0 Å². The molecule has 0 fully saturated rings. The van der Waals surface area contributed by atoms with Crippen molar-refractivity contribution in [3.63, 3.8) is 0 Å². The quantitative estimate of drug-likeness (QED) is 0.734. The number of hydrogen-bond acceptors (Lipinski definition) is 2. The average molecular weight is 352 g/mol. The lowest BCUT2D eigenvalue weighted by Crippen LogP contribution is -2.18. The molecule has 2 aromatic carbocycles. The summed E-state index contributed by atoms with van der Waals surface area (Å²) >= 11 is 3.23. The van der Waals surface area contributed by atoms with Crippen LogP contribution in [0.2, 0.25) is 0 Å². The second-order valence-corrected chi connectivity index (χ2v) is 5.61. The Morgan fingerprint density at radius 1 is 1.10 bits per heavy atom. The Morgan fingerprint density at radius 3 is 2.57 bits per heavy atom. The first-order valence-corrected chi connectivity index (χ1v) is 7.19. The summed E-state index contributed by atoms with van der Waals surface area (Å²) in [7, 11) is 1.70. The van der Waals surface area contributed by atoms with Crippen LogP contribution in [0.5, 0.6) is 0 Å². The minimum atomic E-state index is -0.482. The van der Waals surface area contributed by atoms with Crippen LogP contribution in [0.15, 0.2) is 51.4 Å². The van der Waals surface area contributed by atoms with Crippen molar-refractivity contribution >= 4 is 26.9 Å². The molecular weight excluding hydrogens is 340 g/mol. The van der Waals surface area contributed by atoms with Gasteiger partial charge in [-0.3, -0.25) is 0 Å². The normalized spacial score (nSPS) is 12.8. The van der Waals surface area contributed by atoms with Gasteiger partial charge in [0.15, 0.2) is 11.4 Å². The van der Waals surface area contributed by atoms with E-state index in [0.29, 0.717) is 21.2 Å². The van der Waals surface area contributed by atoms with Crippen molar-refractivity contribution in [3.8, 4) is 0 Å². The maximum atomic E-state index is 14.1. The minimum Gasteiger partial charge on any atom is -0.456 e. The lowest BCUT2D eigenvalue weighted by atomic mass is 10.0. The monoisotopic (exact) mass is 351 g/mol. The van der Waals surface area contributed by atoms with E-state index in [0.717, 1.165) is 0 Å². The number of para-hydroxylation sites is 1. The van der Waals surface area contributed by atoms with Gasteiger partial charge >= 0.3 is 0 Å². The molecule has 0 spiro atoms. The van der Waals surface area contributed by atoms with E-state index in [-0.39, 0.29) is 11.4 Å². The third kappa shape index (κ3) is 2.59. The van der Waals surface area contributed by atoms with Gasteiger partial charge in [0.25, 0.3) is 0 Å². The van der Waals surface area contributed by atoms with Gasteiger partial charge in [-0.2, -0.15) is 0 Å². The first kappa shape index (κ1) is 14.2. The van der Waals surface area contributed by atoms with Crippen LogP contribution in [0.4, 0.5) is 8.78 Å². The summed E-state index contributed by atoms with van der Waals surface area (Å²) in [6, 6.07) is 10.8. The van der Waals surface area contributed by atoms with Crippen LogP contribution in [0.25, 0.3) is 11.0 Å². The minimum absolute atomic E-state index is 0.185. The van der Waals surface area contributed by atoms with Crippen molar-refractivity contribution in [2.75, 3.05) is 7.05 Å². The Balaban J connectivity index is 2.11. The van der Waals surface area contributed by atoms with Gasteiger partial charge in [0.05, 0.1) is 6.04 Å². The molecule has 3 rings (SSSR count). The molecule has 1 unspecified atom stereocenters. The molecule has 0 saturated carbocycles. The Bertz CT molecular complexity index is 800. The highest BCUT2D eigenvalue weighted by Gasteiger charge is 2.21. The molecule has 1 atom stereocenters. The number of halogens is 3. The number of hydrogen-bond donors (Lipinski definition) is 1. The molecule has 1 N–H and O–H groups in total. The Hall–Kier alpha value is -1.72. The van der Waals surface area contributed by atoms with Crippen LogP contribution in [0.3, 0.4) is 0 Å². The van der Waals surface area contributed by atoms with Crippen LogP contribution in [-0.2, 0) is 0 Å². The maximum absolute atomic E-state index is 14.1. The number of rotatable bonds is 3. The van der Waals surface area contributed by atoms with Crippen molar-refractivity contribution in [3.05, 3.63) is 69.9 Å². The third-order valence-electron chi connectivity index (χ3n) is 3.36. The number of furan rings is 1. The summed E-state index contributed by atoms with van der Waals surface area (Å²) in [5.74, 6) is -0.312. The fraction of sp³-hybridized carbons (Fsp3) is 0.125. The Morgan fingerprint density at radius 2 is 1.90 bits per heavy atom. The lowest BCUT2D eigenvalue weighted by molar-refractivity contribution is 0.465. The predicted octanol–water partition coefficient (Wildman–Crippen LogP) is 4.78. The number of nitrogens with one attached hydrogen (secondary N) is 1. The third-order valence-corrected chi connectivity index (χ3v) is 3.86. The van der Waals surface area contributed by atoms with Crippen molar-refractivity contribution in [1.82, 2.24) is 5.32 Å². The molecule has 0 saturated heterocycles. The summed E-state index contributed by atoms with van der Waals surface area (Å²) in [5, 5.41) is 3.66. The van der Waals surface area contributed by atoms with E-state index in [4.69, 9.17) is 4.42 Å². The highest BCUT2D eigenvalue weighted by atomic mass is 79.9. The number of benzene rings is 2. The summed E-state index contributed by atoms with van der Waals surface area (Å²) in [5.41, 5.74) is 0.630. The van der Waals surface area contributed by atoms with Crippen LogP contribution < -0.4 is 5.32 Å². The summed E-state index contributed by atoms with van der Waals surface area (Å²) < 4.78 is 34.1. The highest BCUT2D eigenvalue weighted by molar-refractivity contribution is 9.10. The second-order valence-electron chi connectivity index (χ2n) is 4.69. The fourth-order valence-electron chi connectivity index (χ4n) is 2.38. The van der Waals surface area contributed by atoms with Gasteiger partial charge in [0.2, 0.25) is 0 Å². The zero-order valence-corrected chi connectivity index (χ0v) is 12.7. The first-order valence-electron chi connectivity index (χ1n) is 6.40. The van der Waals surface area contributed by atoms with Gasteiger partial charge in [-0.25, -0.2) is 8.78 Å². The van der Waals surface area contributed by atoms with E-state index >= 15 is 0 Å². The maximum Gasteiger partial charge on any atom is 0.169 e. The standard InChI is InChI=1S/C16H12BrF2NO/c1-20-15(11-6-5-10(17)8-13(11)19)14-7-9-3-2-4-12(18)16(9)21-14/h2-8,15,20H,1H3. The zero-order valence-electron chi connectivity index (χ0n) is 11.2. The molecule has 3 aromatic rings. The molecule has 0 aliphatic carbocycles. The van der Waals surface area contributed by atoms with Gasteiger partial charge in [-0.15, -0.1) is 0 Å². The van der Waals surface area contributed by atoms with Crippen molar-refractivity contribution < 1.29 is 13.2 Å². The van der Waals surface area contributed by atoms with Crippen LogP contribution >= 0.6 is 15.9 Å². The highest BCUT2D eigenvalue weighted by Crippen LogP contribution is 2.31. The van der Waals surface area contributed by atoms with Gasteiger partial charge in [-0.05, 0) is 31.3 Å². The molecule has 0 aliphatic heterocycles. The Kier molecular flexibility index (Phi) is 3.78. The molecule has 0 radical (unpaired) electrons. The van der Waals surface area contributed by atoms with E-state index in [1.165, 1.54) is 12.1 Å². The molecule has 0 bridgehead atoms. The van der Waals surface area contributed by atoms with Crippen LogP contribution in [0.1, 0.15) is 17.4 Å². The molecule has 0 amide bonds. The first-order chi connectivity index (χ1) is 10.1. The van der Waals surface area contributed by atoms with Crippen molar-refractivity contribution in [1.29, 1.82) is 0 Å². The molecule has 1 aromatic heterocycles. The SMILES string of the molecule is CNC(c1cc2cccc(F)c2o1)c1ccc(Br)cc1F. The van der Waals surface area contributed by atoms with E-state index in [2.05, 4.69) is 21.2 Å². The smallest absolute Gasteiger partial charge is 0.169 e. The zero-order chi connectivity index (χ0) is 15.0. The van der Waals surface area contributed by atoms with Gasteiger partial charge in [0, 0.05) is 15.4 Å². The predicted molar refractivity (Wildman–Crippen MR) is 81.2 cm³/mol. The van der Waals surface area contributed by atoms with Gasteiger partial charge in [-0.1, -0.05) is 34.1 Å². The number of fused-ring (bicyclic) bond motifs is 1. The van der Waals surface area contributed by atoms with Gasteiger partial charge in [0.1, 0.15) is 11.6 Å². The molecule has 108 valence electrons. The van der Waals surface area contributed by atoms with Crippen LogP contribution in [0, 0.1) is 11.6 Å².